The van der Waals surface area contributed by atoms with Crippen LogP contribution in [0.3, 0.4) is 0 Å². The molecule has 0 bridgehead atoms. The molecule has 1 N–H and O–H groups in total. The summed E-state index contributed by atoms with van der Waals surface area (Å²) in [6.45, 7) is 5.09. The van der Waals surface area contributed by atoms with Crippen molar-refractivity contribution in [3.8, 4) is 0 Å². The fourth-order valence-electron chi connectivity index (χ4n) is 2.68. The first-order valence-electron chi connectivity index (χ1n) is 7.27. The summed E-state index contributed by atoms with van der Waals surface area (Å²) < 4.78 is 30.5. The molecule has 1 aliphatic rings. The molecule has 1 fully saturated rings. The Balaban J connectivity index is 1.77. The van der Waals surface area contributed by atoms with Crippen molar-refractivity contribution in [3.63, 3.8) is 0 Å². The molecule has 20 heavy (non-hydrogen) atoms. The van der Waals surface area contributed by atoms with Gasteiger partial charge in [0.1, 0.15) is 5.76 Å². The van der Waals surface area contributed by atoms with Crippen molar-refractivity contribution in [2.24, 2.45) is 0 Å². The fraction of sp³-hybridized carbons (Fsp3) is 0.714. The topological polar surface area (TPSA) is 62.6 Å². The predicted molar refractivity (Wildman–Crippen MR) is 79.1 cm³/mol. The number of nitrogens with zero attached hydrogens (tertiary/aromatic N) is 1. The van der Waals surface area contributed by atoms with Crippen molar-refractivity contribution in [2.45, 2.75) is 45.2 Å². The van der Waals surface area contributed by atoms with Gasteiger partial charge >= 0.3 is 0 Å². The van der Waals surface area contributed by atoms with Crippen LogP contribution in [0.4, 0.5) is 0 Å². The first-order valence-corrected chi connectivity index (χ1v) is 8.88. The molecule has 1 atom stereocenters. The lowest BCUT2D eigenvalue weighted by atomic mass is 10.0. The van der Waals surface area contributed by atoms with E-state index in [1.807, 2.05) is 12.1 Å². The molecule has 5 nitrogen and oxygen atoms in total. The van der Waals surface area contributed by atoms with Gasteiger partial charge in [0.05, 0.1) is 12.0 Å². The summed E-state index contributed by atoms with van der Waals surface area (Å²) in [7, 11) is -3.02. The average Bonchev–Trinajstić information content (AvgIpc) is 2.92. The quantitative estimate of drug-likeness (QED) is 0.867. The van der Waals surface area contributed by atoms with Gasteiger partial charge in [0.15, 0.2) is 0 Å². The molecule has 1 aromatic heterocycles. The third-order valence-corrected chi connectivity index (χ3v) is 5.70. The van der Waals surface area contributed by atoms with Crippen molar-refractivity contribution in [2.75, 3.05) is 18.8 Å². The summed E-state index contributed by atoms with van der Waals surface area (Å²) in [4.78, 5) is 0. The number of furan rings is 1. The van der Waals surface area contributed by atoms with Gasteiger partial charge in [-0.25, -0.2) is 12.7 Å². The second-order valence-electron chi connectivity index (χ2n) is 5.43. The summed E-state index contributed by atoms with van der Waals surface area (Å²) in [5.74, 6) is 1.18. The summed E-state index contributed by atoms with van der Waals surface area (Å²) in [5, 5.41) is 3.57. The molecule has 0 aromatic carbocycles. The Labute approximate surface area is 121 Å². The molecule has 1 aliphatic heterocycles. The lowest BCUT2D eigenvalue weighted by molar-refractivity contribution is 0.273. The number of hydrogen-bond acceptors (Lipinski definition) is 4. The third-order valence-electron chi connectivity index (χ3n) is 3.82. The SMILES string of the molecule is CCS(=O)(=O)N1CCC(NC(C)Cc2ccco2)CC1. The first-order chi connectivity index (χ1) is 9.51. The van der Waals surface area contributed by atoms with Crippen molar-refractivity contribution in [1.82, 2.24) is 9.62 Å². The highest BCUT2D eigenvalue weighted by Crippen LogP contribution is 2.15. The van der Waals surface area contributed by atoms with E-state index in [0.717, 1.165) is 25.0 Å². The summed E-state index contributed by atoms with van der Waals surface area (Å²) in [5.41, 5.74) is 0. The molecule has 0 radical (unpaired) electrons. The van der Waals surface area contributed by atoms with Crippen molar-refractivity contribution in [3.05, 3.63) is 24.2 Å². The molecular weight excluding hydrogens is 276 g/mol. The first kappa shape index (κ1) is 15.5. The van der Waals surface area contributed by atoms with Crippen LogP contribution in [0.15, 0.2) is 22.8 Å². The molecule has 0 amide bonds. The van der Waals surface area contributed by atoms with Crippen molar-refractivity contribution >= 4 is 10.0 Å². The van der Waals surface area contributed by atoms with Crippen LogP contribution in [0, 0.1) is 0 Å². The second-order valence-corrected chi connectivity index (χ2v) is 7.68. The normalized spacial score (nSPS) is 20.1. The summed E-state index contributed by atoms with van der Waals surface area (Å²) in [6, 6.07) is 4.61. The van der Waals surface area contributed by atoms with Gasteiger partial charge in [0, 0.05) is 31.6 Å². The van der Waals surface area contributed by atoms with E-state index in [4.69, 9.17) is 4.42 Å². The minimum Gasteiger partial charge on any atom is -0.469 e. The van der Waals surface area contributed by atoms with E-state index in [-0.39, 0.29) is 5.75 Å². The molecule has 114 valence electrons. The molecule has 0 saturated carbocycles. The Morgan fingerprint density at radius 1 is 1.45 bits per heavy atom. The maximum atomic E-state index is 11.8. The fourth-order valence-corrected chi connectivity index (χ4v) is 3.81. The van der Waals surface area contributed by atoms with Gasteiger partial charge in [-0.05, 0) is 38.8 Å². The Morgan fingerprint density at radius 3 is 2.70 bits per heavy atom. The van der Waals surface area contributed by atoms with Gasteiger partial charge < -0.3 is 9.73 Å². The molecule has 1 aromatic rings. The predicted octanol–water partition coefficient (Wildman–Crippen LogP) is 1.61. The molecule has 0 spiro atoms. The van der Waals surface area contributed by atoms with Crippen LogP contribution in [-0.2, 0) is 16.4 Å². The largest absolute Gasteiger partial charge is 0.469 e. The number of hydrogen-bond donors (Lipinski definition) is 1. The van der Waals surface area contributed by atoms with Crippen molar-refractivity contribution < 1.29 is 12.8 Å². The average molecular weight is 300 g/mol. The number of rotatable bonds is 6. The highest BCUT2D eigenvalue weighted by atomic mass is 32.2. The van der Waals surface area contributed by atoms with Crippen LogP contribution in [0.1, 0.15) is 32.4 Å². The summed E-state index contributed by atoms with van der Waals surface area (Å²) in [6.07, 6.45) is 4.31. The van der Waals surface area contributed by atoms with Gasteiger partial charge in [0.2, 0.25) is 10.0 Å². The zero-order chi connectivity index (χ0) is 14.6. The molecule has 2 heterocycles. The van der Waals surface area contributed by atoms with E-state index in [1.54, 1.807) is 17.5 Å². The number of nitrogens with one attached hydrogen (secondary N) is 1. The minimum atomic E-state index is -3.02. The monoisotopic (exact) mass is 300 g/mol. The minimum absolute atomic E-state index is 0.194. The van der Waals surface area contributed by atoms with E-state index >= 15 is 0 Å². The molecule has 0 aliphatic carbocycles. The Hall–Kier alpha value is -0.850. The second kappa shape index (κ2) is 6.74. The van der Waals surface area contributed by atoms with Gasteiger partial charge in [0.25, 0.3) is 0 Å². The van der Waals surface area contributed by atoms with Gasteiger partial charge in [-0.15, -0.1) is 0 Å². The van der Waals surface area contributed by atoms with E-state index in [9.17, 15) is 8.42 Å². The van der Waals surface area contributed by atoms with E-state index in [1.165, 1.54) is 0 Å². The van der Waals surface area contributed by atoms with Crippen LogP contribution in [0.25, 0.3) is 0 Å². The number of sulfonamides is 1. The Kier molecular flexibility index (Phi) is 5.23. The van der Waals surface area contributed by atoms with Crippen LogP contribution < -0.4 is 5.32 Å². The van der Waals surface area contributed by atoms with E-state index in [2.05, 4.69) is 12.2 Å². The smallest absolute Gasteiger partial charge is 0.213 e. The standard InChI is InChI=1S/C14H24N2O3S/c1-3-20(17,18)16-8-6-13(7-9-16)15-12(2)11-14-5-4-10-19-14/h4-5,10,12-13,15H,3,6-9,11H2,1-2H3. The third kappa shape index (κ3) is 4.07. The zero-order valence-corrected chi connectivity index (χ0v) is 13.0. The maximum Gasteiger partial charge on any atom is 0.213 e. The van der Waals surface area contributed by atoms with Crippen molar-refractivity contribution in [1.29, 1.82) is 0 Å². The van der Waals surface area contributed by atoms with E-state index < -0.39 is 10.0 Å². The lowest BCUT2D eigenvalue weighted by Crippen LogP contribution is -2.47. The van der Waals surface area contributed by atoms with Crippen LogP contribution in [0.2, 0.25) is 0 Å². The molecular formula is C14H24N2O3S. The lowest BCUT2D eigenvalue weighted by Gasteiger charge is -2.33. The van der Waals surface area contributed by atoms with E-state index in [0.29, 0.717) is 25.2 Å². The molecule has 6 heteroatoms. The summed E-state index contributed by atoms with van der Waals surface area (Å²) >= 11 is 0. The highest BCUT2D eigenvalue weighted by Gasteiger charge is 2.27. The Morgan fingerprint density at radius 2 is 2.15 bits per heavy atom. The van der Waals surface area contributed by atoms with Crippen LogP contribution >= 0.6 is 0 Å². The van der Waals surface area contributed by atoms with Gasteiger partial charge in [-0.2, -0.15) is 0 Å². The van der Waals surface area contributed by atoms with Crippen LogP contribution in [-0.4, -0.2) is 43.6 Å². The maximum absolute atomic E-state index is 11.8. The Bertz CT molecular complexity index is 490. The zero-order valence-electron chi connectivity index (χ0n) is 12.2. The van der Waals surface area contributed by atoms with Gasteiger partial charge in [-0.1, -0.05) is 0 Å². The highest BCUT2D eigenvalue weighted by molar-refractivity contribution is 7.89. The number of piperidine rings is 1. The molecule has 1 saturated heterocycles. The molecule has 1 unspecified atom stereocenters. The molecule has 2 rings (SSSR count). The van der Waals surface area contributed by atoms with Gasteiger partial charge in [-0.3, -0.25) is 0 Å². The van der Waals surface area contributed by atoms with Crippen LogP contribution in [0.5, 0.6) is 0 Å².